The molecular formula is C21H29N5. The number of nitrogens with zero attached hydrogens (tertiary/aromatic N) is 5. The number of hydrogen-bond donors (Lipinski definition) is 0. The largest absolute Gasteiger partial charge is 0.371 e. The van der Waals surface area contributed by atoms with E-state index in [-0.39, 0.29) is 0 Å². The molecule has 0 fully saturated rings. The van der Waals surface area contributed by atoms with Crippen LogP contribution in [0.15, 0.2) is 18.5 Å². The molecule has 0 aliphatic heterocycles. The molecular weight excluding hydrogens is 322 g/mol. The predicted octanol–water partition coefficient (Wildman–Crippen LogP) is 4.32. The monoisotopic (exact) mass is 351 g/mol. The molecule has 0 spiro atoms. The lowest BCUT2D eigenvalue weighted by Crippen LogP contribution is -2.28. The summed E-state index contributed by atoms with van der Waals surface area (Å²) < 4.78 is 0. The number of anilines is 2. The molecule has 2 aromatic rings. The highest BCUT2D eigenvalue weighted by Crippen LogP contribution is 2.37. The first-order valence-corrected chi connectivity index (χ1v) is 9.39. The molecule has 0 radical (unpaired) electrons. The zero-order valence-corrected chi connectivity index (χ0v) is 16.8. The van der Waals surface area contributed by atoms with Gasteiger partial charge in [-0.15, -0.1) is 0 Å². The van der Waals surface area contributed by atoms with Crippen LogP contribution in [0, 0.1) is 25.2 Å². The zero-order valence-electron chi connectivity index (χ0n) is 16.8. The van der Waals surface area contributed by atoms with E-state index < -0.39 is 0 Å². The first-order chi connectivity index (χ1) is 12.5. The molecule has 0 bridgehead atoms. The third-order valence-corrected chi connectivity index (χ3v) is 4.96. The molecule has 26 heavy (non-hydrogen) atoms. The first kappa shape index (κ1) is 19.7. The van der Waals surface area contributed by atoms with Gasteiger partial charge in [0.2, 0.25) is 0 Å². The van der Waals surface area contributed by atoms with Gasteiger partial charge < -0.3 is 9.80 Å². The molecule has 2 aromatic heterocycles. The number of nitriles is 1. The summed E-state index contributed by atoms with van der Waals surface area (Å²) in [7, 11) is 0. The van der Waals surface area contributed by atoms with Gasteiger partial charge in [0.25, 0.3) is 0 Å². The Hall–Kier alpha value is -2.61. The normalized spacial score (nSPS) is 10.5. The molecule has 0 aliphatic rings. The van der Waals surface area contributed by atoms with Gasteiger partial charge in [0, 0.05) is 55.4 Å². The van der Waals surface area contributed by atoms with Gasteiger partial charge in [0.1, 0.15) is 5.82 Å². The van der Waals surface area contributed by atoms with Crippen LogP contribution in [0.5, 0.6) is 0 Å². The van der Waals surface area contributed by atoms with Crippen LogP contribution in [0.1, 0.15) is 44.4 Å². The fourth-order valence-electron chi connectivity index (χ4n) is 3.56. The van der Waals surface area contributed by atoms with Gasteiger partial charge in [0.15, 0.2) is 0 Å². The van der Waals surface area contributed by atoms with Crippen LogP contribution in [0.3, 0.4) is 0 Å². The lowest BCUT2D eigenvalue weighted by Gasteiger charge is -2.31. The third kappa shape index (κ3) is 3.50. The number of hydrogen-bond acceptors (Lipinski definition) is 5. The van der Waals surface area contributed by atoms with E-state index in [0.717, 1.165) is 48.8 Å². The van der Waals surface area contributed by atoms with Crippen LogP contribution in [0.4, 0.5) is 11.5 Å². The highest BCUT2D eigenvalue weighted by Gasteiger charge is 2.22. The van der Waals surface area contributed by atoms with Crippen molar-refractivity contribution in [2.45, 2.75) is 41.5 Å². The molecule has 0 aromatic carbocycles. The van der Waals surface area contributed by atoms with E-state index in [4.69, 9.17) is 4.98 Å². The van der Waals surface area contributed by atoms with Crippen molar-refractivity contribution >= 4 is 11.5 Å². The van der Waals surface area contributed by atoms with Gasteiger partial charge in [-0.05, 0) is 53.2 Å². The topological polar surface area (TPSA) is 56.1 Å². The highest BCUT2D eigenvalue weighted by atomic mass is 15.2. The van der Waals surface area contributed by atoms with Crippen LogP contribution in [0.2, 0.25) is 0 Å². The maximum Gasteiger partial charge on any atom is 0.134 e. The van der Waals surface area contributed by atoms with Crippen molar-refractivity contribution in [1.82, 2.24) is 9.97 Å². The summed E-state index contributed by atoms with van der Waals surface area (Å²) in [6.07, 6.45) is 3.41. The molecule has 0 aliphatic carbocycles. The van der Waals surface area contributed by atoms with E-state index in [9.17, 15) is 5.26 Å². The van der Waals surface area contributed by atoms with Crippen molar-refractivity contribution in [2.24, 2.45) is 0 Å². The Morgan fingerprint density at radius 3 is 2.12 bits per heavy atom. The molecule has 2 rings (SSSR count). The van der Waals surface area contributed by atoms with E-state index in [1.807, 2.05) is 0 Å². The van der Waals surface area contributed by atoms with Crippen molar-refractivity contribution in [3.05, 3.63) is 35.2 Å². The maximum atomic E-state index is 9.54. The van der Waals surface area contributed by atoms with E-state index in [2.05, 4.69) is 62.4 Å². The standard InChI is InChI=1S/C21H29N5/c1-7-25(8-2)20-15(5)19(18-14-23-12-11-17(18)13-22)24-21(16(20)6)26(9-3)10-4/h11-12,14H,7-10H2,1-6H3. The summed E-state index contributed by atoms with van der Waals surface area (Å²) in [5.41, 5.74) is 5.77. The Kier molecular flexibility index (Phi) is 6.57. The molecule has 0 N–H and O–H groups in total. The Labute approximate surface area is 157 Å². The summed E-state index contributed by atoms with van der Waals surface area (Å²) in [4.78, 5) is 13.9. The fourth-order valence-corrected chi connectivity index (χ4v) is 3.56. The van der Waals surface area contributed by atoms with Crippen molar-refractivity contribution in [1.29, 1.82) is 5.26 Å². The second kappa shape index (κ2) is 8.66. The summed E-state index contributed by atoms with van der Waals surface area (Å²) in [5.74, 6) is 0.991. The quantitative estimate of drug-likeness (QED) is 0.743. The van der Waals surface area contributed by atoms with Gasteiger partial charge in [-0.25, -0.2) is 4.98 Å². The fraction of sp³-hybridized carbons (Fsp3) is 0.476. The number of aromatic nitrogens is 2. The second-order valence-corrected chi connectivity index (χ2v) is 6.26. The first-order valence-electron chi connectivity index (χ1n) is 9.39. The Bertz CT molecular complexity index is 799. The molecule has 0 atom stereocenters. The Balaban J connectivity index is 2.86. The van der Waals surface area contributed by atoms with Crippen LogP contribution in [-0.2, 0) is 0 Å². The van der Waals surface area contributed by atoms with Crippen molar-refractivity contribution in [2.75, 3.05) is 36.0 Å². The van der Waals surface area contributed by atoms with Gasteiger partial charge in [0.05, 0.1) is 17.3 Å². The maximum absolute atomic E-state index is 9.54. The van der Waals surface area contributed by atoms with Crippen molar-refractivity contribution < 1.29 is 0 Å². The minimum atomic E-state index is 0.607. The number of rotatable bonds is 7. The molecule has 2 heterocycles. The van der Waals surface area contributed by atoms with E-state index in [1.54, 1.807) is 18.5 Å². The van der Waals surface area contributed by atoms with Gasteiger partial charge in [-0.1, -0.05) is 0 Å². The van der Waals surface area contributed by atoms with Crippen LogP contribution in [0.25, 0.3) is 11.3 Å². The summed E-state index contributed by atoms with van der Waals surface area (Å²) in [5, 5.41) is 9.54. The molecule has 5 heteroatoms. The molecule has 0 saturated carbocycles. The molecule has 0 unspecified atom stereocenters. The molecule has 138 valence electrons. The molecule has 0 amide bonds. The lowest BCUT2D eigenvalue weighted by atomic mass is 9.99. The summed E-state index contributed by atoms with van der Waals surface area (Å²) in [6, 6.07) is 4.04. The van der Waals surface area contributed by atoms with Crippen molar-refractivity contribution in [3.63, 3.8) is 0 Å². The van der Waals surface area contributed by atoms with Crippen LogP contribution >= 0.6 is 0 Å². The lowest BCUT2D eigenvalue weighted by molar-refractivity contribution is 0.824. The van der Waals surface area contributed by atoms with Gasteiger partial charge in [-0.3, -0.25) is 4.98 Å². The second-order valence-electron chi connectivity index (χ2n) is 6.26. The average Bonchev–Trinajstić information content (AvgIpc) is 2.67. The number of pyridine rings is 2. The Morgan fingerprint density at radius 2 is 1.58 bits per heavy atom. The average molecular weight is 351 g/mol. The smallest absolute Gasteiger partial charge is 0.134 e. The SMILES string of the molecule is CCN(CC)c1nc(-c2cnccc2C#N)c(C)c(N(CC)CC)c1C. The zero-order chi connectivity index (χ0) is 19.3. The van der Waals surface area contributed by atoms with Gasteiger partial charge >= 0.3 is 0 Å². The van der Waals surface area contributed by atoms with Gasteiger partial charge in [-0.2, -0.15) is 5.26 Å². The molecule has 5 nitrogen and oxygen atoms in total. The minimum absolute atomic E-state index is 0.607. The van der Waals surface area contributed by atoms with E-state index >= 15 is 0 Å². The van der Waals surface area contributed by atoms with Crippen molar-refractivity contribution in [3.8, 4) is 17.3 Å². The molecule has 0 saturated heterocycles. The van der Waals surface area contributed by atoms with E-state index in [0.29, 0.717) is 5.56 Å². The van der Waals surface area contributed by atoms with Crippen LogP contribution in [-0.4, -0.2) is 36.1 Å². The highest BCUT2D eigenvalue weighted by molar-refractivity contribution is 5.80. The van der Waals surface area contributed by atoms with E-state index in [1.165, 1.54) is 11.3 Å². The predicted molar refractivity (Wildman–Crippen MR) is 109 cm³/mol. The van der Waals surface area contributed by atoms with Crippen LogP contribution < -0.4 is 9.80 Å². The third-order valence-electron chi connectivity index (χ3n) is 4.96. The summed E-state index contributed by atoms with van der Waals surface area (Å²) in [6.45, 7) is 16.5. The summed E-state index contributed by atoms with van der Waals surface area (Å²) >= 11 is 0. The Morgan fingerprint density at radius 1 is 0.962 bits per heavy atom. The minimum Gasteiger partial charge on any atom is -0.371 e.